The smallest absolute Gasteiger partial charge is 0.341 e. The Hall–Kier alpha value is -2.39. The van der Waals surface area contributed by atoms with E-state index in [-0.39, 0.29) is 18.9 Å². The number of hydrogen-bond donors (Lipinski definition) is 1. The van der Waals surface area contributed by atoms with Gasteiger partial charge in [-0.2, -0.15) is 0 Å². The second kappa shape index (κ2) is 10.0. The number of benzene rings is 1. The Bertz CT molecular complexity index is 1120. The van der Waals surface area contributed by atoms with E-state index in [1.54, 1.807) is 6.07 Å². The highest BCUT2D eigenvalue weighted by Crippen LogP contribution is 2.38. The second-order valence-electron chi connectivity index (χ2n) is 8.11. The molecule has 7 nitrogen and oxygen atoms in total. The Labute approximate surface area is 193 Å². The van der Waals surface area contributed by atoms with Gasteiger partial charge in [-0.25, -0.2) is 13.2 Å². The van der Waals surface area contributed by atoms with Crippen LogP contribution in [0.15, 0.2) is 18.2 Å². The van der Waals surface area contributed by atoms with Gasteiger partial charge in [-0.3, -0.25) is 9.10 Å². The fraction of sp³-hybridized carbons (Fsp3) is 0.478. The van der Waals surface area contributed by atoms with E-state index < -0.39 is 16.0 Å². The standard InChI is InChI=1S/C23H30N2O5S2/c1-15-9-7-11-18(16(15)2)25(32(4,28)29)14-8-13-20(26)24-22-21(23(27)30-3)17-10-5-6-12-19(17)31-22/h7,9,11H,5-6,8,10,12-14H2,1-4H3,(H,24,26). The maximum Gasteiger partial charge on any atom is 0.341 e. The normalized spacial score (nSPS) is 13.4. The van der Waals surface area contributed by atoms with Crippen LogP contribution in [0.1, 0.15) is 57.6 Å². The number of carbonyl (C=O) groups is 2. The minimum Gasteiger partial charge on any atom is -0.465 e. The predicted molar refractivity (Wildman–Crippen MR) is 128 cm³/mol. The summed E-state index contributed by atoms with van der Waals surface area (Å²) in [6, 6.07) is 5.55. The van der Waals surface area contributed by atoms with Crippen molar-refractivity contribution in [1.82, 2.24) is 0 Å². The van der Waals surface area contributed by atoms with Gasteiger partial charge in [0, 0.05) is 17.8 Å². The molecule has 174 valence electrons. The number of esters is 1. The van der Waals surface area contributed by atoms with Crippen LogP contribution < -0.4 is 9.62 Å². The third kappa shape index (κ3) is 5.32. The molecule has 0 bridgehead atoms. The summed E-state index contributed by atoms with van der Waals surface area (Å²) in [4.78, 5) is 26.1. The molecule has 0 saturated carbocycles. The molecule has 9 heteroatoms. The Balaban J connectivity index is 1.70. The van der Waals surface area contributed by atoms with Crippen molar-refractivity contribution in [2.24, 2.45) is 0 Å². The summed E-state index contributed by atoms with van der Waals surface area (Å²) in [6.45, 7) is 4.02. The molecule has 1 aromatic heterocycles. The molecule has 1 amide bonds. The molecule has 0 spiro atoms. The molecule has 1 aliphatic carbocycles. The molecule has 1 N–H and O–H groups in total. The number of nitrogens with one attached hydrogen (secondary N) is 1. The van der Waals surface area contributed by atoms with Crippen LogP contribution in [0.5, 0.6) is 0 Å². The number of rotatable bonds is 8. The molecule has 1 aliphatic rings. The Morgan fingerprint density at radius 2 is 1.91 bits per heavy atom. The van der Waals surface area contributed by atoms with E-state index in [9.17, 15) is 18.0 Å². The van der Waals surface area contributed by atoms with Crippen LogP contribution in [0.2, 0.25) is 0 Å². The van der Waals surface area contributed by atoms with E-state index in [0.29, 0.717) is 22.7 Å². The molecule has 0 atom stereocenters. The van der Waals surface area contributed by atoms with Crippen LogP contribution in [0.3, 0.4) is 0 Å². The maximum atomic E-state index is 12.7. The third-order valence-corrected chi connectivity index (χ3v) is 8.21. The zero-order valence-corrected chi connectivity index (χ0v) is 20.6. The minimum atomic E-state index is -3.50. The third-order valence-electron chi connectivity index (χ3n) is 5.82. The largest absolute Gasteiger partial charge is 0.465 e. The molecule has 1 heterocycles. The Kier molecular flexibility index (Phi) is 7.61. The number of aryl methyl sites for hydroxylation is 2. The van der Waals surface area contributed by atoms with E-state index in [1.807, 2.05) is 26.0 Å². The molecule has 0 radical (unpaired) electrons. The van der Waals surface area contributed by atoms with Crippen LogP contribution in [0.4, 0.5) is 10.7 Å². The molecule has 2 aromatic rings. The number of sulfonamides is 1. The fourth-order valence-corrected chi connectivity index (χ4v) is 6.32. The number of thiophene rings is 1. The van der Waals surface area contributed by atoms with Gasteiger partial charge in [-0.1, -0.05) is 12.1 Å². The van der Waals surface area contributed by atoms with Crippen molar-refractivity contribution in [2.45, 2.75) is 52.4 Å². The summed E-state index contributed by atoms with van der Waals surface area (Å²) in [5.41, 5.74) is 3.99. The summed E-state index contributed by atoms with van der Waals surface area (Å²) in [5.74, 6) is -0.680. The first-order chi connectivity index (χ1) is 15.1. The van der Waals surface area contributed by atoms with Gasteiger partial charge in [0.05, 0.1) is 24.6 Å². The molecule has 32 heavy (non-hydrogen) atoms. The Morgan fingerprint density at radius 3 is 2.59 bits per heavy atom. The first-order valence-corrected chi connectivity index (χ1v) is 13.4. The van der Waals surface area contributed by atoms with Crippen LogP contribution >= 0.6 is 11.3 Å². The van der Waals surface area contributed by atoms with Crippen molar-refractivity contribution in [3.8, 4) is 0 Å². The van der Waals surface area contributed by atoms with Crippen molar-refractivity contribution < 1.29 is 22.7 Å². The lowest BCUT2D eigenvalue weighted by molar-refractivity contribution is -0.116. The van der Waals surface area contributed by atoms with E-state index in [2.05, 4.69) is 5.32 Å². The van der Waals surface area contributed by atoms with Gasteiger partial charge in [-0.05, 0) is 68.7 Å². The van der Waals surface area contributed by atoms with Crippen LogP contribution in [0.25, 0.3) is 0 Å². The van der Waals surface area contributed by atoms with Crippen molar-refractivity contribution in [2.75, 3.05) is 29.5 Å². The van der Waals surface area contributed by atoms with Crippen molar-refractivity contribution in [3.05, 3.63) is 45.3 Å². The number of nitrogens with zero attached hydrogens (tertiary/aromatic N) is 1. The fourth-order valence-electron chi connectivity index (χ4n) is 4.02. The van der Waals surface area contributed by atoms with Gasteiger partial charge < -0.3 is 10.1 Å². The van der Waals surface area contributed by atoms with Gasteiger partial charge in [0.2, 0.25) is 15.9 Å². The number of anilines is 2. The van der Waals surface area contributed by atoms with Crippen LogP contribution in [0, 0.1) is 13.8 Å². The van der Waals surface area contributed by atoms with Gasteiger partial charge >= 0.3 is 5.97 Å². The average Bonchev–Trinajstić information content (AvgIpc) is 3.10. The highest BCUT2D eigenvalue weighted by Gasteiger charge is 2.27. The monoisotopic (exact) mass is 478 g/mol. The van der Waals surface area contributed by atoms with Crippen LogP contribution in [-0.2, 0) is 32.4 Å². The second-order valence-corrected chi connectivity index (χ2v) is 11.1. The van der Waals surface area contributed by atoms with Gasteiger partial charge in [0.25, 0.3) is 0 Å². The van der Waals surface area contributed by atoms with E-state index >= 15 is 0 Å². The number of ether oxygens (including phenoxy) is 1. The summed E-state index contributed by atoms with van der Waals surface area (Å²) in [7, 11) is -2.15. The van der Waals surface area contributed by atoms with E-state index in [1.165, 1.54) is 29.0 Å². The quantitative estimate of drug-likeness (QED) is 0.574. The number of amides is 1. The molecule has 3 rings (SSSR count). The van der Waals surface area contributed by atoms with Gasteiger partial charge in [0.15, 0.2) is 0 Å². The number of hydrogen-bond acceptors (Lipinski definition) is 6. The molecular weight excluding hydrogens is 448 g/mol. The van der Waals surface area contributed by atoms with Crippen LogP contribution in [-0.4, -0.2) is 40.2 Å². The first kappa shape index (κ1) is 24.3. The molecule has 1 aromatic carbocycles. The lowest BCUT2D eigenvalue weighted by atomic mass is 9.95. The summed E-state index contributed by atoms with van der Waals surface area (Å²) >= 11 is 1.44. The summed E-state index contributed by atoms with van der Waals surface area (Å²) in [6.07, 6.45) is 5.46. The number of carbonyl (C=O) groups excluding carboxylic acids is 2. The topological polar surface area (TPSA) is 92.8 Å². The SMILES string of the molecule is COC(=O)c1c(NC(=O)CCCN(c2cccc(C)c2C)S(C)(=O)=O)sc2c1CCCC2. The zero-order valence-electron chi connectivity index (χ0n) is 19.0. The minimum absolute atomic E-state index is 0.139. The number of methoxy groups -OCH3 is 1. The predicted octanol–water partition coefficient (Wildman–Crippen LogP) is 4.22. The van der Waals surface area contributed by atoms with Crippen molar-refractivity contribution >= 4 is 43.9 Å². The van der Waals surface area contributed by atoms with Gasteiger partial charge in [-0.15, -0.1) is 11.3 Å². The molecule has 0 unspecified atom stereocenters. The first-order valence-electron chi connectivity index (χ1n) is 10.7. The lowest BCUT2D eigenvalue weighted by Crippen LogP contribution is -2.32. The summed E-state index contributed by atoms with van der Waals surface area (Å²) in [5, 5.41) is 3.40. The van der Waals surface area contributed by atoms with Crippen molar-refractivity contribution in [3.63, 3.8) is 0 Å². The molecular formula is C23H30N2O5S2. The molecule has 0 aliphatic heterocycles. The lowest BCUT2D eigenvalue weighted by Gasteiger charge is -2.24. The van der Waals surface area contributed by atoms with Crippen molar-refractivity contribution in [1.29, 1.82) is 0 Å². The highest BCUT2D eigenvalue weighted by atomic mass is 32.2. The number of fused-ring (bicyclic) bond motifs is 1. The highest BCUT2D eigenvalue weighted by molar-refractivity contribution is 7.92. The maximum absolute atomic E-state index is 12.7. The van der Waals surface area contributed by atoms with Gasteiger partial charge in [0.1, 0.15) is 5.00 Å². The Morgan fingerprint density at radius 1 is 1.19 bits per heavy atom. The summed E-state index contributed by atoms with van der Waals surface area (Å²) < 4.78 is 31.1. The molecule has 0 fully saturated rings. The zero-order chi connectivity index (χ0) is 23.5. The van der Waals surface area contributed by atoms with E-state index in [0.717, 1.165) is 47.3 Å². The molecule has 0 saturated heterocycles. The van der Waals surface area contributed by atoms with E-state index in [4.69, 9.17) is 4.74 Å². The average molecular weight is 479 g/mol.